The van der Waals surface area contributed by atoms with Crippen molar-refractivity contribution in [2.45, 2.75) is 50.5 Å². The number of carbonyl (C=O) groups is 1. The van der Waals surface area contributed by atoms with Crippen molar-refractivity contribution in [3.05, 3.63) is 93.0 Å². The van der Waals surface area contributed by atoms with Crippen molar-refractivity contribution in [3.8, 4) is 0 Å². The third-order valence-electron chi connectivity index (χ3n) is 6.28. The largest absolute Gasteiger partial charge is 0.348 e. The molecule has 0 heterocycles. The number of hydrogen-bond acceptors (Lipinski definition) is 3. The van der Waals surface area contributed by atoms with Gasteiger partial charge < -0.3 is 5.32 Å². The summed E-state index contributed by atoms with van der Waals surface area (Å²) in [6, 6.07) is 17.0. The van der Waals surface area contributed by atoms with Gasteiger partial charge in [-0.05, 0) is 86.6 Å². The molecule has 1 aliphatic carbocycles. The van der Waals surface area contributed by atoms with Crippen LogP contribution in [0.25, 0.3) is 0 Å². The van der Waals surface area contributed by atoms with Crippen molar-refractivity contribution in [2.24, 2.45) is 0 Å². The fourth-order valence-electron chi connectivity index (χ4n) is 4.36. The zero-order chi connectivity index (χ0) is 25.2. The number of aryl methyl sites for hydroxylation is 3. The van der Waals surface area contributed by atoms with Crippen LogP contribution in [0.3, 0.4) is 0 Å². The van der Waals surface area contributed by atoms with Gasteiger partial charge in [-0.2, -0.15) is 0 Å². The number of sulfonamides is 1. The molecule has 1 amide bonds. The van der Waals surface area contributed by atoms with Crippen LogP contribution < -0.4 is 9.62 Å². The van der Waals surface area contributed by atoms with Gasteiger partial charge in [0.25, 0.3) is 10.0 Å². The minimum absolute atomic E-state index is 0.0785. The van der Waals surface area contributed by atoms with Gasteiger partial charge in [0.2, 0.25) is 5.91 Å². The first kappa shape index (κ1) is 25.5. The number of halogens is 2. The standard InChI is InChI=1S/C27H28Cl2N2O3S/c1-18-7-11-26(12-8-18)35(33,34)31(25-15-23(28)14-24(29)16-25)17-27(32)30-19(2)21-10-9-20-5-3-4-6-22(20)13-21/h7-16,19H,3-6,17H2,1-2H3,(H,30,32)/t19-/m0/s1. The zero-order valence-electron chi connectivity index (χ0n) is 19.7. The molecule has 0 spiro atoms. The molecule has 0 aromatic heterocycles. The number of carbonyl (C=O) groups excluding carboxylic acids is 1. The van der Waals surface area contributed by atoms with Gasteiger partial charge in [0, 0.05) is 10.0 Å². The van der Waals surface area contributed by atoms with E-state index in [4.69, 9.17) is 23.2 Å². The number of amides is 1. The minimum Gasteiger partial charge on any atom is -0.348 e. The van der Waals surface area contributed by atoms with Crippen LogP contribution in [0.15, 0.2) is 65.6 Å². The van der Waals surface area contributed by atoms with Crippen LogP contribution in [0, 0.1) is 6.92 Å². The van der Waals surface area contributed by atoms with Crippen molar-refractivity contribution in [3.63, 3.8) is 0 Å². The Bertz CT molecular complexity index is 1320. The maximum absolute atomic E-state index is 13.6. The molecule has 184 valence electrons. The zero-order valence-corrected chi connectivity index (χ0v) is 22.1. The summed E-state index contributed by atoms with van der Waals surface area (Å²) >= 11 is 12.3. The molecule has 1 N–H and O–H groups in total. The Labute approximate surface area is 217 Å². The van der Waals surface area contributed by atoms with Crippen molar-refractivity contribution < 1.29 is 13.2 Å². The number of hydrogen-bond donors (Lipinski definition) is 1. The number of benzene rings is 3. The van der Waals surface area contributed by atoms with Gasteiger partial charge in [0.1, 0.15) is 6.54 Å². The predicted octanol–water partition coefficient (Wildman–Crippen LogP) is 6.25. The van der Waals surface area contributed by atoms with Gasteiger partial charge in [-0.3, -0.25) is 9.10 Å². The molecule has 5 nitrogen and oxygen atoms in total. The molecule has 0 aliphatic heterocycles. The van der Waals surface area contributed by atoms with Crippen molar-refractivity contribution in [1.82, 2.24) is 5.32 Å². The molecular weight excluding hydrogens is 503 g/mol. The Morgan fingerprint density at radius 1 is 0.943 bits per heavy atom. The molecule has 1 atom stereocenters. The Morgan fingerprint density at radius 3 is 2.23 bits per heavy atom. The lowest BCUT2D eigenvalue weighted by molar-refractivity contribution is -0.120. The maximum atomic E-state index is 13.6. The second-order valence-electron chi connectivity index (χ2n) is 8.98. The number of anilines is 1. The molecule has 3 aromatic carbocycles. The molecule has 3 aromatic rings. The second-order valence-corrected chi connectivity index (χ2v) is 11.7. The highest BCUT2D eigenvalue weighted by molar-refractivity contribution is 7.92. The maximum Gasteiger partial charge on any atom is 0.264 e. The molecule has 1 aliphatic rings. The highest BCUT2D eigenvalue weighted by atomic mass is 35.5. The third-order valence-corrected chi connectivity index (χ3v) is 8.51. The average molecular weight is 532 g/mol. The first-order valence-corrected chi connectivity index (χ1v) is 13.8. The van der Waals surface area contributed by atoms with E-state index in [-0.39, 0.29) is 26.7 Å². The SMILES string of the molecule is Cc1ccc(S(=O)(=O)N(CC(=O)N[C@@H](C)c2ccc3c(c2)CCCC3)c2cc(Cl)cc(Cl)c2)cc1. The summed E-state index contributed by atoms with van der Waals surface area (Å²) in [6.45, 7) is 3.36. The van der Waals surface area contributed by atoms with Gasteiger partial charge in [0.15, 0.2) is 0 Å². The van der Waals surface area contributed by atoms with Crippen LogP contribution in [0.1, 0.15) is 48.1 Å². The molecule has 8 heteroatoms. The Morgan fingerprint density at radius 2 is 1.57 bits per heavy atom. The highest BCUT2D eigenvalue weighted by Gasteiger charge is 2.28. The second kappa shape index (κ2) is 10.6. The average Bonchev–Trinajstić information content (AvgIpc) is 2.81. The van der Waals surface area contributed by atoms with E-state index in [2.05, 4.69) is 17.4 Å². The van der Waals surface area contributed by atoms with Gasteiger partial charge in [-0.15, -0.1) is 0 Å². The molecule has 0 bridgehead atoms. The molecule has 0 saturated heterocycles. The van der Waals surface area contributed by atoms with Crippen molar-refractivity contribution in [2.75, 3.05) is 10.8 Å². The summed E-state index contributed by atoms with van der Waals surface area (Å²) in [4.78, 5) is 13.2. The quantitative estimate of drug-likeness (QED) is 0.392. The topological polar surface area (TPSA) is 66.5 Å². The summed E-state index contributed by atoms with van der Waals surface area (Å²) < 4.78 is 28.2. The summed E-state index contributed by atoms with van der Waals surface area (Å²) in [5, 5.41) is 3.51. The monoisotopic (exact) mass is 530 g/mol. The van der Waals surface area contributed by atoms with Crippen LogP contribution in [-0.2, 0) is 27.7 Å². The summed E-state index contributed by atoms with van der Waals surface area (Å²) in [5.41, 5.74) is 4.84. The van der Waals surface area contributed by atoms with E-state index in [1.54, 1.807) is 12.1 Å². The fourth-order valence-corrected chi connectivity index (χ4v) is 6.28. The van der Waals surface area contributed by atoms with Crippen molar-refractivity contribution >= 4 is 44.8 Å². The predicted molar refractivity (Wildman–Crippen MR) is 142 cm³/mol. The lowest BCUT2D eigenvalue weighted by Crippen LogP contribution is -2.41. The summed E-state index contributed by atoms with van der Waals surface area (Å²) in [6.07, 6.45) is 4.51. The highest BCUT2D eigenvalue weighted by Crippen LogP contribution is 2.30. The molecule has 0 fully saturated rings. The molecular formula is C27H28Cl2N2O3S. The van der Waals surface area contributed by atoms with E-state index in [1.165, 1.54) is 54.3 Å². The van der Waals surface area contributed by atoms with E-state index >= 15 is 0 Å². The smallest absolute Gasteiger partial charge is 0.264 e. The lowest BCUT2D eigenvalue weighted by Gasteiger charge is -2.26. The van der Waals surface area contributed by atoms with Crippen LogP contribution >= 0.6 is 23.2 Å². The van der Waals surface area contributed by atoms with Crippen LogP contribution in [0.2, 0.25) is 10.0 Å². The van der Waals surface area contributed by atoms with Gasteiger partial charge in [-0.25, -0.2) is 8.42 Å². The van der Waals surface area contributed by atoms with Gasteiger partial charge in [0.05, 0.1) is 16.6 Å². The van der Waals surface area contributed by atoms with Gasteiger partial charge in [-0.1, -0.05) is 59.1 Å². The Balaban J connectivity index is 1.60. The number of nitrogens with zero attached hydrogens (tertiary/aromatic N) is 1. The minimum atomic E-state index is -4.06. The van der Waals surface area contributed by atoms with E-state index < -0.39 is 22.5 Å². The lowest BCUT2D eigenvalue weighted by atomic mass is 9.89. The molecule has 0 saturated carbocycles. The Kier molecular flexibility index (Phi) is 7.74. The number of rotatable bonds is 7. The first-order chi connectivity index (χ1) is 16.6. The van der Waals surface area contributed by atoms with Crippen molar-refractivity contribution in [1.29, 1.82) is 0 Å². The summed E-state index contributed by atoms with van der Waals surface area (Å²) in [5.74, 6) is -0.429. The van der Waals surface area contributed by atoms with Crippen LogP contribution in [-0.4, -0.2) is 20.9 Å². The number of fused-ring (bicyclic) bond motifs is 1. The van der Waals surface area contributed by atoms with E-state index in [0.29, 0.717) is 0 Å². The van der Waals surface area contributed by atoms with E-state index in [0.717, 1.165) is 28.3 Å². The number of nitrogens with one attached hydrogen (secondary N) is 1. The third kappa shape index (κ3) is 6.00. The fraction of sp³-hybridized carbons (Fsp3) is 0.296. The molecule has 4 rings (SSSR count). The molecule has 0 unspecified atom stereocenters. The van der Waals surface area contributed by atoms with Crippen LogP contribution in [0.4, 0.5) is 5.69 Å². The van der Waals surface area contributed by atoms with E-state index in [9.17, 15) is 13.2 Å². The summed E-state index contributed by atoms with van der Waals surface area (Å²) in [7, 11) is -4.06. The van der Waals surface area contributed by atoms with Crippen LogP contribution in [0.5, 0.6) is 0 Å². The first-order valence-electron chi connectivity index (χ1n) is 11.6. The molecule has 0 radical (unpaired) electrons. The van der Waals surface area contributed by atoms with E-state index in [1.807, 2.05) is 19.9 Å². The molecule has 35 heavy (non-hydrogen) atoms. The normalized spacial score (nSPS) is 14.2. The van der Waals surface area contributed by atoms with Gasteiger partial charge >= 0.3 is 0 Å². The Hall–Kier alpha value is -2.54.